The highest BCUT2D eigenvalue weighted by atomic mass is 16.4. The van der Waals surface area contributed by atoms with Gasteiger partial charge in [0.1, 0.15) is 11.4 Å². The van der Waals surface area contributed by atoms with Gasteiger partial charge in [0, 0.05) is 12.1 Å². The number of hydrogen-bond donors (Lipinski definition) is 1. The molecule has 0 bridgehead atoms. The third kappa shape index (κ3) is 2.75. The number of carbonyl (C=O) groups excluding carboxylic acids is 1. The molecule has 5 heteroatoms. The highest BCUT2D eigenvalue weighted by molar-refractivity contribution is 5.94. The van der Waals surface area contributed by atoms with Crippen molar-refractivity contribution in [2.45, 2.75) is 45.2 Å². The molecule has 1 amide bonds. The molecule has 0 saturated carbocycles. The summed E-state index contributed by atoms with van der Waals surface area (Å²) in [5, 5.41) is 8.92. The monoisotopic (exact) mass is 262 g/mol. The van der Waals surface area contributed by atoms with Crippen LogP contribution in [0.4, 0.5) is 0 Å². The predicted octanol–water partition coefficient (Wildman–Crippen LogP) is 2.18. The number of piperidine rings is 1. The lowest BCUT2D eigenvalue weighted by atomic mass is 9.97. The molecule has 102 valence electrons. The van der Waals surface area contributed by atoms with Gasteiger partial charge in [-0.3, -0.25) is 4.79 Å². The molecule has 0 aromatic carbocycles. The SMILES string of the molecule is C[C@@H]1CCC[C@H](C)N1C(=O)c1cccc(C(=O)O)n1. The Kier molecular flexibility index (Phi) is 3.83. The molecule has 2 heterocycles. The molecular weight excluding hydrogens is 244 g/mol. The molecule has 0 unspecified atom stereocenters. The molecule has 2 rings (SSSR count). The van der Waals surface area contributed by atoms with Gasteiger partial charge in [-0.1, -0.05) is 6.07 Å². The van der Waals surface area contributed by atoms with Crippen LogP contribution in [0.15, 0.2) is 18.2 Å². The van der Waals surface area contributed by atoms with Gasteiger partial charge >= 0.3 is 5.97 Å². The highest BCUT2D eigenvalue weighted by Gasteiger charge is 2.30. The van der Waals surface area contributed by atoms with E-state index in [1.54, 1.807) is 12.1 Å². The Morgan fingerprint density at radius 3 is 2.37 bits per heavy atom. The van der Waals surface area contributed by atoms with Crippen LogP contribution in [0, 0.1) is 0 Å². The Morgan fingerprint density at radius 1 is 1.21 bits per heavy atom. The van der Waals surface area contributed by atoms with Crippen LogP contribution in [0.5, 0.6) is 0 Å². The van der Waals surface area contributed by atoms with E-state index in [1.807, 2.05) is 18.7 Å². The normalized spacial score (nSPS) is 23.2. The first-order valence-electron chi connectivity index (χ1n) is 6.53. The van der Waals surface area contributed by atoms with Crippen LogP contribution in [-0.4, -0.2) is 39.0 Å². The number of rotatable bonds is 2. The van der Waals surface area contributed by atoms with Crippen molar-refractivity contribution in [2.75, 3.05) is 0 Å². The largest absolute Gasteiger partial charge is 0.477 e. The lowest BCUT2D eigenvalue weighted by Gasteiger charge is -2.38. The molecule has 19 heavy (non-hydrogen) atoms. The average Bonchev–Trinajstić information content (AvgIpc) is 2.38. The van der Waals surface area contributed by atoms with Gasteiger partial charge in [0.05, 0.1) is 0 Å². The van der Waals surface area contributed by atoms with Gasteiger partial charge < -0.3 is 10.0 Å². The minimum absolute atomic E-state index is 0.0943. The second-order valence-electron chi connectivity index (χ2n) is 5.05. The number of aromatic carboxylic acids is 1. The zero-order valence-electron chi connectivity index (χ0n) is 11.2. The number of nitrogens with zero attached hydrogens (tertiary/aromatic N) is 2. The van der Waals surface area contributed by atoms with Crippen LogP contribution in [0.1, 0.15) is 54.1 Å². The van der Waals surface area contributed by atoms with Crippen LogP contribution in [0.3, 0.4) is 0 Å². The van der Waals surface area contributed by atoms with Gasteiger partial charge in [0.15, 0.2) is 0 Å². The van der Waals surface area contributed by atoms with Crippen LogP contribution >= 0.6 is 0 Å². The molecule has 0 radical (unpaired) electrons. The maximum atomic E-state index is 12.5. The quantitative estimate of drug-likeness (QED) is 0.886. The van der Waals surface area contributed by atoms with Gasteiger partial charge in [-0.2, -0.15) is 0 Å². The van der Waals surface area contributed by atoms with Crippen molar-refractivity contribution in [3.8, 4) is 0 Å². The number of amides is 1. The van der Waals surface area contributed by atoms with E-state index in [4.69, 9.17) is 5.11 Å². The fourth-order valence-corrected chi connectivity index (χ4v) is 2.63. The molecule has 1 aromatic rings. The van der Waals surface area contributed by atoms with Gasteiger partial charge in [-0.25, -0.2) is 9.78 Å². The van der Waals surface area contributed by atoms with E-state index in [9.17, 15) is 9.59 Å². The van der Waals surface area contributed by atoms with Crippen molar-refractivity contribution in [3.63, 3.8) is 0 Å². The Balaban J connectivity index is 2.27. The van der Waals surface area contributed by atoms with Gasteiger partial charge in [-0.15, -0.1) is 0 Å². The molecule has 1 aromatic heterocycles. The van der Waals surface area contributed by atoms with Crippen molar-refractivity contribution in [1.29, 1.82) is 0 Å². The summed E-state index contributed by atoms with van der Waals surface area (Å²) in [7, 11) is 0. The fraction of sp³-hybridized carbons (Fsp3) is 0.500. The second kappa shape index (κ2) is 5.38. The summed E-state index contributed by atoms with van der Waals surface area (Å²) in [5.74, 6) is -1.29. The number of aromatic nitrogens is 1. The zero-order valence-corrected chi connectivity index (χ0v) is 11.2. The maximum absolute atomic E-state index is 12.5. The Morgan fingerprint density at radius 2 is 1.79 bits per heavy atom. The van der Waals surface area contributed by atoms with Gasteiger partial charge in [-0.05, 0) is 45.2 Å². The second-order valence-corrected chi connectivity index (χ2v) is 5.05. The van der Waals surface area contributed by atoms with E-state index >= 15 is 0 Å². The summed E-state index contributed by atoms with van der Waals surface area (Å²) in [6, 6.07) is 4.87. The van der Waals surface area contributed by atoms with Crippen molar-refractivity contribution in [2.24, 2.45) is 0 Å². The standard InChI is InChI=1S/C14H18N2O3/c1-9-5-3-6-10(2)16(9)13(17)11-7-4-8-12(15-11)14(18)19/h4,7-10H,3,5-6H2,1-2H3,(H,18,19)/t9-,10+. The first kappa shape index (κ1) is 13.5. The molecule has 2 atom stereocenters. The number of carboxylic acid groups (broad SMARTS) is 1. The van der Waals surface area contributed by atoms with Crippen molar-refractivity contribution in [3.05, 3.63) is 29.6 Å². The van der Waals surface area contributed by atoms with E-state index in [-0.39, 0.29) is 29.4 Å². The highest BCUT2D eigenvalue weighted by Crippen LogP contribution is 2.24. The van der Waals surface area contributed by atoms with E-state index in [2.05, 4.69) is 4.98 Å². The third-order valence-electron chi connectivity index (χ3n) is 3.62. The molecule has 0 spiro atoms. The average molecular weight is 262 g/mol. The molecule has 1 aliphatic rings. The van der Waals surface area contributed by atoms with E-state index in [0.29, 0.717) is 0 Å². The molecule has 0 aliphatic carbocycles. The summed E-state index contributed by atoms with van der Waals surface area (Å²) in [6.45, 7) is 4.04. The smallest absolute Gasteiger partial charge is 0.354 e. The molecule has 1 aliphatic heterocycles. The summed E-state index contributed by atoms with van der Waals surface area (Å²) in [4.78, 5) is 29.1. The lowest BCUT2D eigenvalue weighted by Crippen LogP contribution is -2.47. The van der Waals surface area contributed by atoms with Crippen LogP contribution < -0.4 is 0 Å². The number of pyridine rings is 1. The summed E-state index contributed by atoms with van der Waals surface area (Å²) in [5.41, 5.74) is 0.115. The van der Waals surface area contributed by atoms with Crippen molar-refractivity contribution in [1.82, 2.24) is 9.88 Å². The third-order valence-corrected chi connectivity index (χ3v) is 3.62. The molecule has 1 N–H and O–H groups in total. The zero-order chi connectivity index (χ0) is 14.0. The fourth-order valence-electron chi connectivity index (χ4n) is 2.63. The van der Waals surface area contributed by atoms with Gasteiger partial charge in [0.25, 0.3) is 5.91 Å². The van der Waals surface area contributed by atoms with E-state index in [0.717, 1.165) is 19.3 Å². The maximum Gasteiger partial charge on any atom is 0.354 e. The lowest BCUT2D eigenvalue weighted by molar-refractivity contribution is 0.0504. The number of carbonyl (C=O) groups is 2. The molecular formula is C14H18N2O3. The molecule has 5 nitrogen and oxygen atoms in total. The molecule has 1 saturated heterocycles. The van der Waals surface area contributed by atoms with Crippen molar-refractivity contribution < 1.29 is 14.7 Å². The minimum atomic E-state index is -1.12. The predicted molar refractivity (Wildman–Crippen MR) is 70.1 cm³/mol. The van der Waals surface area contributed by atoms with Gasteiger partial charge in [0.2, 0.25) is 0 Å². The van der Waals surface area contributed by atoms with E-state index in [1.165, 1.54) is 6.07 Å². The summed E-state index contributed by atoms with van der Waals surface area (Å²) >= 11 is 0. The minimum Gasteiger partial charge on any atom is -0.477 e. The first-order chi connectivity index (χ1) is 9.00. The summed E-state index contributed by atoms with van der Waals surface area (Å²) < 4.78 is 0. The van der Waals surface area contributed by atoms with Crippen molar-refractivity contribution >= 4 is 11.9 Å². The first-order valence-corrected chi connectivity index (χ1v) is 6.53. The molecule has 1 fully saturated rings. The van der Waals surface area contributed by atoms with Crippen LogP contribution in [0.25, 0.3) is 0 Å². The number of carboxylic acids is 1. The summed E-state index contributed by atoms with van der Waals surface area (Å²) in [6.07, 6.45) is 3.08. The van der Waals surface area contributed by atoms with Crippen LogP contribution in [-0.2, 0) is 0 Å². The number of likely N-dealkylation sites (tertiary alicyclic amines) is 1. The Hall–Kier alpha value is -1.91. The van der Waals surface area contributed by atoms with Crippen LogP contribution in [0.2, 0.25) is 0 Å². The topological polar surface area (TPSA) is 70.5 Å². The number of hydrogen-bond acceptors (Lipinski definition) is 3. The Labute approximate surface area is 112 Å². The van der Waals surface area contributed by atoms with E-state index < -0.39 is 5.97 Å². The Bertz CT molecular complexity index is 491.